The second kappa shape index (κ2) is 5.03. The lowest BCUT2D eigenvalue weighted by Gasteiger charge is -2.09. The first-order valence-electron chi connectivity index (χ1n) is 5.99. The molecule has 2 aromatic heterocycles. The molecule has 5 heteroatoms. The standard InChI is InChI=1S/C14H12N2O2S/c1-2-19(17)12-8-5-9-15-13(12)14-16-10-6-3-4-7-11(10)18-14/h3-9H,2H2,1H3. The van der Waals surface area contributed by atoms with Crippen molar-refractivity contribution in [2.75, 3.05) is 5.75 Å². The Morgan fingerprint density at radius 1 is 1.21 bits per heavy atom. The number of fused-ring (bicyclic) bond motifs is 1. The lowest BCUT2D eigenvalue weighted by molar-refractivity contribution is 0.591. The highest BCUT2D eigenvalue weighted by atomic mass is 32.2. The van der Waals surface area contributed by atoms with Gasteiger partial charge in [-0.15, -0.1) is 0 Å². The highest BCUT2D eigenvalue weighted by molar-refractivity contribution is 7.91. The number of nitrogens with zero attached hydrogens (tertiary/aromatic N) is 2. The molecule has 0 fully saturated rings. The summed E-state index contributed by atoms with van der Waals surface area (Å²) in [7, 11) is 0. The van der Waals surface area contributed by atoms with Crippen LogP contribution in [-0.2, 0) is 11.2 Å². The molecular formula is C14H12N2O2S. The largest absolute Gasteiger partial charge is 0.611 e. The lowest BCUT2D eigenvalue weighted by Crippen LogP contribution is -2.06. The van der Waals surface area contributed by atoms with Crippen LogP contribution in [0.25, 0.3) is 22.7 Å². The van der Waals surface area contributed by atoms with Crippen LogP contribution in [0.4, 0.5) is 0 Å². The molecule has 3 rings (SSSR count). The third-order valence-corrected chi connectivity index (χ3v) is 4.12. The van der Waals surface area contributed by atoms with Crippen LogP contribution in [-0.4, -0.2) is 20.3 Å². The maximum atomic E-state index is 12.0. The first kappa shape index (κ1) is 12.2. The monoisotopic (exact) mass is 272 g/mol. The average molecular weight is 272 g/mol. The molecule has 19 heavy (non-hydrogen) atoms. The molecule has 0 aliphatic rings. The zero-order chi connectivity index (χ0) is 13.2. The molecule has 0 saturated heterocycles. The Labute approximate surface area is 113 Å². The van der Waals surface area contributed by atoms with E-state index in [0.29, 0.717) is 27.8 Å². The second-order valence-electron chi connectivity index (χ2n) is 3.97. The zero-order valence-corrected chi connectivity index (χ0v) is 11.2. The third kappa shape index (κ3) is 2.22. The van der Waals surface area contributed by atoms with Crippen molar-refractivity contribution in [3.63, 3.8) is 0 Å². The Morgan fingerprint density at radius 2 is 2.05 bits per heavy atom. The van der Waals surface area contributed by atoms with E-state index in [9.17, 15) is 4.55 Å². The summed E-state index contributed by atoms with van der Waals surface area (Å²) < 4.78 is 17.7. The number of pyridine rings is 1. The van der Waals surface area contributed by atoms with Crippen LogP contribution in [0.2, 0.25) is 0 Å². The number of hydrogen-bond donors (Lipinski definition) is 0. The molecule has 3 aromatic rings. The fraction of sp³-hybridized carbons (Fsp3) is 0.143. The molecule has 1 atom stereocenters. The first-order chi connectivity index (χ1) is 9.29. The second-order valence-corrected chi connectivity index (χ2v) is 5.68. The molecule has 0 saturated carbocycles. The van der Waals surface area contributed by atoms with Gasteiger partial charge in [-0.3, -0.25) is 0 Å². The van der Waals surface area contributed by atoms with Crippen molar-refractivity contribution in [1.29, 1.82) is 0 Å². The van der Waals surface area contributed by atoms with E-state index < -0.39 is 11.2 Å². The van der Waals surface area contributed by atoms with Gasteiger partial charge in [-0.1, -0.05) is 12.1 Å². The first-order valence-corrected chi connectivity index (χ1v) is 7.31. The molecule has 0 bridgehead atoms. The summed E-state index contributed by atoms with van der Waals surface area (Å²) in [5.74, 6) is 0.956. The molecule has 96 valence electrons. The van der Waals surface area contributed by atoms with Gasteiger partial charge in [0.15, 0.2) is 16.2 Å². The van der Waals surface area contributed by atoms with Crippen molar-refractivity contribution >= 4 is 22.3 Å². The lowest BCUT2D eigenvalue weighted by atomic mass is 10.3. The van der Waals surface area contributed by atoms with Crippen LogP contribution in [0.15, 0.2) is 51.9 Å². The summed E-state index contributed by atoms with van der Waals surface area (Å²) in [6.45, 7) is 1.87. The van der Waals surface area contributed by atoms with Gasteiger partial charge < -0.3 is 8.97 Å². The van der Waals surface area contributed by atoms with Crippen molar-refractivity contribution < 1.29 is 8.97 Å². The molecule has 1 aromatic carbocycles. The van der Waals surface area contributed by atoms with Gasteiger partial charge in [-0.2, -0.15) is 0 Å². The van der Waals surface area contributed by atoms with Crippen molar-refractivity contribution in [2.24, 2.45) is 0 Å². The van der Waals surface area contributed by atoms with Gasteiger partial charge in [-0.05, 0) is 42.4 Å². The predicted molar refractivity (Wildman–Crippen MR) is 74.2 cm³/mol. The summed E-state index contributed by atoms with van der Waals surface area (Å²) in [6.07, 6.45) is 1.65. The molecule has 4 nitrogen and oxygen atoms in total. The fourth-order valence-corrected chi connectivity index (χ4v) is 2.76. The van der Waals surface area contributed by atoms with Gasteiger partial charge in [0.05, 0.1) is 0 Å². The number of para-hydroxylation sites is 2. The quantitative estimate of drug-likeness (QED) is 0.687. The van der Waals surface area contributed by atoms with Crippen LogP contribution >= 0.6 is 0 Å². The molecule has 0 amide bonds. The maximum Gasteiger partial charge on any atom is 0.251 e. The summed E-state index contributed by atoms with van der Waals surface area (Å²) in [4.78, 5) is 9.32. The van der Waals surface area contributed by atoms with Gasteiger partial charge in [0, 0.05) is 6.20 Å². The molecule has 0 N–H and O–H groups in total. The van der Waals surface area contributed by atoms with Gasteiger partial charge in [0.1, 0.15) is 11.3 Å². The molecule has 1 unspecified atom stereocenters. The summed E-state index contributed by atoms with van der Waals surface area (Å²) in [5.41, 5.74) is 2.03. The zero-order valence-electron chi connectivity index (χ0n) is 10.4. The SMILES string of the molecule is CC[S+]([O-])c1cccnc1-c1nc2ccccc2o1. The van der Waals surface area contributed by atoms with Crippen LogP contribution in [0, 0.1) is 0 Å². The van der Waals surface area contributed by atoms with E-state index >= 15 is 0 Å². The highest BCUT2D eigenvalue weighted by Crippen LogP contribution is 2.28. The normalized spacial score (nSPS) is 12.7. The Kier molecular flexibility index (Phi) is 3.23. The molecule has 0 aliphatic carbocycles. The van der Waals surface area contributed by atoms with Gasteiger partial charge in [0.25, 0.3) is 5.89 Å². The minimum absolute atomic E-state index is 0.415. The Bertz CT molecular complexity index is 678. The third-order valence-electron chi connectivity index (χ3n) is 2.77. The van der Waals surface area contributed by atoms with Crippen LogP contribution in [0.1, 0.15) is 6.92 Å². The van der Waals surface area contributed by atoms with E-state index in [1.165, 1.54) is 0 Å². The number of benzene rings is 1. The average Bonchev–Trinajstić information content (AvgIpc) is 2.90. The molecular weight excluding hydrogens is 260 g/mol. The molecule has 0 radical (unpaired) electrons. The fourth-order valence-electron chi connectivity index (χ4n) is 1.86. The van der Waals surface area contributed by atoms with Gasteiger partial charge in [0.2, 0.25) is 0 Å². The number of oxazole rings is 1. The van der Waals surface area contributed by atoms with Crippen molar-refractivity contribution in [2.45, 2.75) is 11.8 Å². The van der Waals surface area contributed by atoms with Crippen LogP contribution in [0.5, 0.6) is 0 Å². The van der Waals surface area contributed by atoms with E-state index in [4.69, 9.17) is 4.42 Å². The predicted octanol–water partition coefficient (Wildman–Crippen LogP) is 3.02. The molecule has 0 aliphatic heterocycles. The number of rotatable bonds is 3. The van der Waals surface area contributed by atoms with Crippen molar-refractivity contribution in [1.82, 2.24) is 9.97 Å². The van der Waals surface area contributed by atoms with Gasteiger partial charge in [-0.25, -0.2) is 9.97 Å². The minimum Gasteiger partial charge on any atom is -0.611 e. The topological polar surface area (TPSA) is 62.0 Å². The summed E-state index contributed by atoms with van der Waals surface area (Å²) >= 11 is -1.09. The van der Waals surface area contributed by atoms with E-state index in [2.05, 4.69) is 9.97 Å². The van der Waals surface area contributed by atoms with Gasteiger partial charge >= 0.3 is 0 Å². The maximum absolute atomic E-state index is 12.0. The highest BCUT2D eigenvalue weighted by Gasteiger charge is 2.20. The number of aromatic nitrogens is 2. The summed E-state index contributed by atoms with van der Waals surface area (Å²) in [6, 6.07) is 11.1. The summed E-state index contributed by atoms with van der Waals surface area (Å²) in [5, 5.41) is 0. The van der Waals surface area contributed by atoms with Crippen molar-refractivity contribution in [3.05, 3.63) is 42.6 Å². The van der Waals surface area contributed by atoms with E-state index in [0.717, 1.165) is 5.52 Å². The molecule has 2 heterocycles. The Hall–Kier alpha value is -1.85. The smallest absolute Gasteiger partial charge is 0.251 e. The van der Waals surface area contributed by atoms with E-state index in [1.54, 1.807) is 18.3 Å². The van der Waals surface area contributed by atoms with Crippen LogP contribution in [0.3, 0.4) is 0 Å². The Morgan fingerprint density at radius 3 is 2.84 bits per heavy atom. The van der Waals surface area contributed by atoms with Crippen LogP contribution < -0.4 is 0 Å². The Balaban J connectivity index is 2.15. The van der Waals surface area contributed by atoms with E-state index in [1.807, 2.05) is 31.2 Å². The van der Waals surface area contributed by atoms with Crippen molar-refractivity contribution in [3.8, 4) is 11.6 Å². The van der Waals surface area contributed by atoms with E-state index in [-0.39, 0.29) is 0 Å². The molecule has 0 spiro atoms. The minimum atomic E-state index is -1.09. The number of hydrogen-bond acceptors (Lipinski definition) is 4.